The first-order valence-corrected chi connectivity index (χ1v) is 16.1. The number of amides is 1. The van der Waals surface area contributed by atoms with Crippen molar-refractivity contribution < 1.29 is 22.7 Å². The van der Waals surface area contributed by atoms with Crippen LogP contribution in [0.5, 0.6) is 5.75 Å². The van der Waals surface area contributed by atoms with Crippen LogP contribution in [0.3, 0.4) is 0 Å². The number of carbonyl (C=O) groups excluding carboxylic acids is 1. The number of rotatable bonds is 11. The number of aromatic nitrogens is 4. The Morgan fingerprint density at radius 2 is 1.89 bits per heavy atom. The zero-order valence-corrected chi connectivity index (χ0v) is 26.4. The van der Waals surface area contributed by atoms with E-state index in [0.29, 0.717) is 61.6 Å². The first-order valence-electron chi connectivity index (χ1n) is 14.2. The second-order valence-corrected chi connectivity index (χ2v) is 12.4. The SMILES string of the molecule is COc1cc(N2CCOCC2)c(C=CC(=O)NS(C)(=O)=O)cc1Nc1nccc(-n2cc(CN(C)C)c(-c3ccccc3)n2)n1. The lowest BCUT2D eigenvalue weighted by molar-refractivity contribution is -0.114. The molecule has 2 N–H and O–H groups in total. The predicted molar refractivity (Wildman–Crippen MR) is 173 cm³/mol. The minimum Gasteiger partial charge on any atom is -0.494 e. The monoisotopic (exact) mass is 632 g/mol. The van der Waals surface area contributed by atoms with Crippen molar-refractivity contribution in [1.29, 1.82) is 0 Å². The van der Waals surface area contributed by atoms with Gasteiger partial charge in [-0.15, -0.1) is 0 Å². The van der Waals surface area contributed by atoms with Crippen molar-refractivity contribution in [3.63, 3.8) is 0 Å². The minimum atomic E-state index is -3.70. The molecule has 1 fully saturated rings. The molecule has 0 radical (unpaired) electrons. The fraction of sp³-hybridized carbons (Fsp3) is 0.290. The number of benzene rings is 2. The second-order valence-electron chi connectivity index (χ2n) is 10.7. The van der Waals surface area contributed by atoms with Gasteiger partial charge >= 0.3 is 0 Å². The van der Waals surface area contributed by atoms with Gasteiger partial charge in [-0.05, 0) is 26.2 Å². The molecule has 1 amide bonds. The van der Waals surface area contributed by atoms with Crippen LogP contribution in [-0.4, -0.2) is 92.7 Å². The average Bonchev–Trinajstić information content (AvgIpc) is 3.43. The van der Waals surface area contributed by atoms with E-state index in [0.717, 1.165) is 28.8 Å². The van der Waals surface area contributed by atoms with E-state index in [4.69, 9.17) is 19.6 Å². The quantitative estimate of drug-likeness (QED) is 0.236. The highest BCUT2D eigenvalue weighted by Crippen LogP contribution is 2.36. The number of carbonyl (C=O) groups is 1. The van der Waals surface area contributed by atoms with E-state index >= 15 is 0 Å². The Morgan fingerprint density at radius 1 is 1.13 bits per heavy atom. The lowest BCUT2D eigenvalue weighted by atomic mass is 10.1. The predicted octanol–water partition coefficient (Wildman–Crippen LogP) is 3.07. The summed E-state index contributed by atoms with van der Waals surface area (Å²) in [5.74, 6) is 0.647. The molecule has 0 unspecified atom stereocenters. The van der Waals surface area contributed by atoms with Crippen LogP contribution in [0.4, 0.5) is 17.3 Å². The average molecular weight is 633 g/mol. The highest BCUT2D eigenvalue weighted by Gasteiger charge is 2.19. The molecule has 5 rings (SSSR count). The molecule has 2 aromatic carbocycles. The summed E-state index contributed by atoms with van der Waals surface area (Å²) < 4.78 is 38.0. The van der Waals surface area contributed by atoms with Crippen LogP contribution in [0.2, 0.25) is 0 Å². The van der Waals surface area contributed by atoms with Gasteiger partial charge in [-0.1, -0.05) is 30.3 Å². The van der Waals surface area contributed by atoms with Crippen LogP contribution in [0.25, 0.3) is 23.2 Å². The van der Waals surface area contributed by atoms with Gasteiger partial charge < -0.3 is 24.6 Å². The first kappa shape index (κ1) is 31.6. The van der Waals surface area contributed by atoms with Gasteiger partial charge in [-0.2, -0.15) is 10.1 Å². The number of morpholine rings is 1. The van der Waals surface area contributed by atoms with Crippen LogP contribution >= 0.6 is 0 Å². The van der Waals surface area contributed by atoms with Crippen molar-refractivity contribution in [2.45, 2.75) is 6.54 Å². The highest BCUT2D eigenvalue weighted by molar-refractivity contribution is 7.89. The van der Waals surface area contributed by atoms with Crippen LogP contribution in [-0.2, 0) is 26.1 Å². The molecule has 45 heavy (non-hydrogen) atoms. The standard InChI is InChI=1S/C31H36N8O5S/c1-37(2)20-24-21-39(35-30(24)22-8-6-5-7-9-22)28-12-13-32-31(34-28)33-25-18-23(10-11-29(40)36-45(4,41)42)26(19-27(25)43-3)38-14-16-44-17-15-38/h5-13,18-19,21H,14-17,20H2,1-4H3,(H,36,40)(H,32,33,34). The molecule has 0 bridgehead atoms. The number of ether oxygens (including phenoxy) is 2. The van der Waals surface area contributed by atoms with E-state index < -0.39 is 15.9 Å². The number of anilines is 3. The molecular formula is C31H36N8O5S. The van der Waals surface area contributed by atoms with E-state index in [-0.39, 0.29) is 0 Å². The van der Waals surface area contributed by atoms with Crippen LogP contribution < -0.4 is 19.7 Å². The van der Waals surface area contributed by atoms with Gasteiger partial charge in [0.25, 0.3) is 5.91 Å². The van der Waals surface area contributed by atoms with Gasteiger partial charge in [-0.25, -0.2) is 22.8 Å². The van der Waals surface area contributed by atoms with Crippen molar-refractivity contribution in [1.82, 2.24) is 29.4 Å². The molecule has 0 atom stereocenters. The van der Waals surface area contributed by atoms with E-state index in [1.54, 1.807) is 36.2 Å². The zero-order chi connectivity index (χ0) is 32.0. The van der Waals surface area contributed by atoms with Gasteiger partial charge in [0.05, 0.1) is 38.0 Å². The van der Waals surface area contributed by atoms with Gasteiger partial charge in [0, 0.05) is 72.6 Å². The largest absolute Gasteiger partial charge is 0.494 e. The highest BCUT2D eigenvalue weighted by atomic mass is 32.2. The smallest absolute Gasteiger partial charge is 0.257 e. The molecular weight excluding hydrogens is 596 g/mol. The second kappa shape index (κ2) is 13.9. The summed E-state index contributed by atoms with van der Waals surface area (Å²) in [6.45, 7) is 3.09. The van der Waals surface area contributed by atoms with Crippen LogP contribution in [0, 0.1) is 0 Å². The van der Waals surface area contributed by atoms with Gasteiger partial charge in [0.2, 0.25) is 16.0 Å². The number of sulfonamides is 1. The summed E-state index contributed by atoms with van der Waals surface area (Å²) in [5, 5.41) is 8.12. The number of nitrogens with zero attached hydrogens (tertiary/aromatic N) is 6. The molecule has 236 valence electrons. The Bertz CT molecular complexity index is 1780. The molecule has 3 heterocycles. The number of nitrogens with one attached hydrogen (secondary N) is 2. The maximum Gasteiger partial charge on any atom is 0.257 e. The third-order valence-electron chi connectivity index (χ3n) is 6.85. The van der Waals surface area contributed by atoms with Crippen LogP contribution in [0.15, 0.2) is 67.0 Å². The summed E-state index contributed by atoms with van der Waals surface area (Å²) in [7, 11) is 1.89. The molecule has 13 nitrogen and oxygen atoms in total. The fourth-order valence-electron chi connectivity index (χ4n) is 4.93. The molecule has 14 heteroatoms. The number of hydrogen-bond donors (Lipinski definition) is 2. The molecule has 0 spiro atoms. The Kier molecular flexibility index (Phi) is 9.76. The van der Waals surface area contributed by atoms with E-state index in [1.807, 2.05) is 61.4 Å². The Morgan fingerprint density at radius 3 is 2.58 bits per heavy atom. The van der Waals surface area contributed by atoms with E-state index in [2.05, 4.69) is 20.1 Å². The normalized spacial score (nSPS) is 13.8. The molecule has 4 aromatic rings. The van der Waals surface area contributed by atoms with Crippen molar-refractivity contribution in [3.05, 3.63) is 78.1 Å². The van der Waals surface area contributed by atoms with Crippen molar-refractivity contribution >= 4 is 39.3 Å². The molecule has 0 saturated carbocycles. The topological polar surface area (TPSA) is 144 Å². The lowest BCUT2D eigenvalue weighted by Gasteiger charge is -2.31. The third-order valence-corrected chi connectivity index (χ3v) is 7.42. The Balaban J connectivity index is 1.49. The van der Waals surface area contributed by atoms with Crippen molar-refractivity contribution in [2.24, 2.45) is 0 Å². The van der Waals surface area contributed by atoms with E-state index in [1.165, 1.54) is 6.08 Å². The first-order chi connectivity index (χ1) is 21.6. The summed E-state index contributed by atoms with van der Waals surface area (Å²) >= 11 is 0. The Labute approximate surface area is 262 Å². The van der Waals surface area contributed by atoms with Gasteiger partial charge in [0.1, 0.15) is 5.75 Å². The minimum absolute atomic E-state index is 0.306. The third kappa shape index (κ3) is 8.23. The maximum absolute atomic E-state index is 12.3. The zero-order valence-electron chi connectivity index (χ0n) is 25.6. The van der Waals surface area contributed by atoms with E-state index in [9.17, 15) is 13.2 Å². The molecule has 1 aliphatic heterocycles. The molecule has 1 aliphatic rings. The number of hydrogen-bond acceptors (Lipinski definition) is 11. The summed E-state index contributed by atoms with van der Waals surface area (Å²) in [5.41, 5.74) is 4.94. The summed E-state index contributed by atoms with van der Waals surface area (Å²) in [4.78, 5) is 25.6. The molecule has 1 saturated heterocycles. The van der Waals surface area contributed by atoms with Crippen LogP contribution in [0.1, 0.15) is 11.1 Å². The van der Waals surface area contributed by atoms with Crippen molar-refractivity contribution in [2.75, 3.05) is 64.0 Å². The molecule has 2 aromatic heterocycles. The van der Waals surface area contributed by atoms with Gasteiger partial charge in [0.15, 0.2) is 5.82 Å². The fourth-order valence-corrected chi connectivity index (χ4v) is 5.36. The summed E-state index contributed by atoms with van der Waals surface area (Å²) in [6.07, 6.45) is 7.28. The number of methoxy groups -OCH3 is 1. The lowest BCUT2D eigenvalue weighted by Crippen LogP contribution is -2.36. The van der Waals surface area contributed by atoms with Crippen molar-refractivity contribution in [3.8, 4) is 22.8 Å². The van der Waals surface area contributed by atoms with Gasteiger partial charge in [-0.3, -0.25) is 4.79 Å². The summed E-state index contributed by atoms with van der Waals surface area (Å²) in [6, 6.07) is 15.4. The Hall–Kier alpha value is -4.79. The molecule has 0 aliphatic carbocycles. The maximum atomic E-state index is 12.3.